The van der Waals surface area contributed by atoms with Crippen LogP contribution in [-0.4, -0.2) is 40.3 Å². The lowest BCUT2D eigenvalue weighted by atomic mass is 9.94. The van der Waals surface area contributed by atoms with Crippen molar-refractivity contribution in [3.05, 3.63) is 65.1 Å². The van der Waals surface area contributed by atoms with E-state index in [0.717, 1.165) is 0 Å². The van der Waals surface area contributed by atoms with Gasteiger partial charge in [-0.2, -0.15) is 4.68 Å². The van der Waals surface area contributed by atoms with Crippen LogP contribution in [-0.2, 0) is 4.79 Å². The first-order valence-corrected chi connectivity index (χ1v) is 9.07. The highest BCUT2D eigenvalue weighted by molar-refractivity contribution is 6.06. The van der Waals surface area contributed by atoms with Gasteiger partial charge in [0.1, 0.15) is 23.4 Å². The summed E-state index contributed by atoms with van der Waals surface area (Å²) in [5.74, 6) is 0.392. The van der Waals surface area contributed by atoms with E-state index in [9.17, 15) is 9.18 Å². The van der Waals surface area contributed by atoms with Crippen molar-refractivity contribution >= 4 is 17.5 Å². The van der Waals surface area contributed by atoms with Gasteiger partial charge < -0.3 is 20.1 Å². The second-order valence-electron chi connectivity index (χ2n) is 6.56. The second kappa shape index (κ2) is 7.82. The SMILES string of the molecule is COc1ccc(OC)c(NC(=O)C2=C(C)Nc3nnnn3C2c2ccccc2F)c1. The number of fused-ring (bicyclic) bond motifs is 1. The Hall–Kier alpha value is -3.95. The molecule has 1 aliphatic heterocycles. The van der Waals surface area contributed by atoms with Gasteiger partial charge in [0.2, 0.25) is 5.95 Å². The number of nitrogens with zero attached hydrogens (tertiary/aromatic N) is 4. The summed E-state index contributed by atoms with van der Waals surface area (Å²) in [5.41, 5.74) is 1.46. The van der Waals surface area contributed by atoms with E-state index in [4.69, 9.17) is 9.47 Å². The van der Waals surface area contributed by atoms with Gasteiger partial charge in [-0.1, -0.05) is 23.3 Å². The van der Waals surface area contributed by atoms with Gasteiger partial charge in [-0.05, 0) is 35.5 Å². The third-order valence-electron chi connectivity index (χ3n) is 4.81. The first-order valence-electron chi connectivity index (χ1n) is 9.07. The molecule has 0 aliphatic carbocycles. The largest absolute Gasteiger partial charge is 0.497 e. The highest BCUT2D eigenvalue weighted by atomic mass is 19.1. The normalized spacial score (nSPS) is 15.3. The van der Waals surface area contributed by atoms with Crippen molar-refractivity contribution in [3.63, 3.8) is 0 Å². The summed E-state index contributed by atoms with van der Waals surface area (Å²) in [6.07, 6.45) is 0. The molecule has 2 N–H and O–H groups in total. The van der Waals surface area contributed by atoms with Crippen LogP contribution in [0.25, 0.3) is 0 Å². The molecule has 0 radical (unpaired) electrons. The molecule has 0 saturated carbocycles. The van der Waals surface area contributed by atoms with E-state index in [1.807, 2.05) is 0 Å². The number of halogens is 1. The lowest BCUT2D eigenvalue weighted by Gasteiger charge is -2.28. The number of ether oxygens (including phenoxy) is 2. The van der Waals surface area contributed by atoms with Crippen LogP contribution in [0.4, 0.5) is 16.0 Å². The van der Waals surface area contributed by atoms with Crippen LogP contribution in [0.5, 0.6) is 11.5 Å². The molecule has 0 fully saturated rings. The van der Waals surface area contributed by atoms with Crippen molar-refractivity contribution in [2.24, 2.45) is 0 Å². The Morgan fingerprint density at radius 2 is 2.00 bits per heavy atom. The van der Waals surface area contributed by atoms with Gasteiger partial charge in [-0.3, -0.25) is 4.79 Å². The van der Waals surface area contributed by atoms with Gasteiger partial charge in [0.05, 0.1) is 25.5 Å². The molecule has 1 unspecified atom stereocenters. The van der Waals surface area contributed by atoms with Crippen molar-refractivity contribution in [1.29, 1.82) is 0 Å². The second-order valence-corrected chi connectivity index (χ2v) is 6.56. The predicted molar refractivity (Wildman–Crippen MR) is 107 cm³/mol. The van der Waals surface area contributed by atoms with Gasteiger partial charge in [0.15, 0.2) is 0 Å². The minimum Gasteiger partial charge on any atom is -0.497 e. The number of allylic oxidation sites excluding steroid dienone is 1. The van der Waals surface area contributed by atoms with Crippen LogP contribution in [0, 0.1) is 5.82 Å². The summed E-state index contributed by atoms with van der Waals surface area (Å²) < 4.78 is 26.6. The molecule has 0 spiro atoms. The molecule has 1 atom stereocenters. The average Bonchev–Trinajstić information content (AvgIpc) is 3.21. The van der Waals surface area contributed by atoms with E-state index in [0.29, 0.717) is 28.8 Å². The Labute approximate surface area is 171 Å². The Morgan fingerprint density at radius 3 is 2.73 bits per heavy atom. The van der Waals surface area contributed by atoms with Crippen molar-refractivity contribution in [2.45, 2.75) is 13.0 Å². The van der Waals surface area contributed by atoms with Gasteiger partial charge in [-0.25, -0.2) is 4.39 Å². The monoisotopic (exact) mass is 410 g/mol. The minimum absolute atomic E-state index is 0.268. The lowest BCUT2D eigenvalue weighted by molar-refractivity contribution is -0.113. The standard InChI is InChI=1S/C20H19FN6O3/c1-11-17(19(28)23-15-10-12(29-2)8-9-16(15)30-3)18(13-6-4-5-7-14(13)21)27-20(22-11)24-25-26-27/h4-10,18H,1-3H3,(H,23,28)(H,22,24,26). The molecular formula is C20H19FN6O3. The highest BCUT2D eigenvalue weighted by Crippen LogP contribution is 2.37. The number of hydrogen-bond acceptors (Lipinski definition) is 7. The van der Waals surface area contributed by atoms with Crippen LogP contribution < -0.4 is 20.1 Å². The van der Waals surface area contributed by atoms with E-state index >= 15 is 0 Å². The van der Waals surface area contributed by atoms with E-state index in [1.165, 1.54) is 25.0 Å². The molecule has 2 heterocycles. The van der Waals surface area contributed by atoms with Gasteiger partial charge in [-0.15, -0.1) is 0 Å². The van der Waals surface area contributed by atoms with E-state index in [1.54, 1.807) is 43.3 Å². The zero-order valence-electron chi connectivity index (χ0n) is 16.5. The Kier molecular flexibility index (Phi) is 5.05. The zero-order valence-corrected chi connectivity index (χ0v) is 16.5. The maximum Gasteiger partial charge on any atom is 0.255 e. The van der Waals surface area contributed by atoms with Gasteiger partial charge in [0, 0.05) is 17.3 Å². The smallest absolute Gasteiger partial charge is 0.255 e. The molecule has 1 aliphatic rings. The summed E-state index contributed by atoms with van der Waals surface area (Å²) in [6.45, 7) is 1.71. The van der Waals surface area contributed by atoms with Gasteiger partial charge in [0.25, 0.3) is 5.91 Å². The number of tetrazole rings is 1. The van der Waals surface area contributed by atoms with Crippen LogP contribution in [0.2, 0.25) is 0 Å². The average molecular weight is 410 g/mol. The fourth-order valence-corrected chi connectivity index (χ4v) is 3.39. The number of rotatable bonds is 5. The third kappa shape index (κ3) is 3.32. The van der Waals surface area contributed by atoms with Crippen molar-refractivity contribution in [3.8, 4) is 11.5 Å². The Morgan fingerprint density at radius 1 is 1.20 bits per heavy atom. The number of nitrogens with one attached hydrogen (secondary N) is 2. The summed E-state index contributed by atoms with van der Waals surface area (Å²) in [4.78, 5) is 13.4. The highest BCUT2D eigenvalue weighted by Gasteiger charge is 2.35. The third-order valence-corrected chi connectivity index (χ3v) is 4.81. The molecule has 0 saturated heterocycles. The molecule has 1 aromatic heterocycles. The first-order chi connectivity index (χ1) is 14.5. The number of carbonyl (C=O) groups is 1. The fraction of sp³-hybridized carbons (Fsp3) is 0.200. The fourth-order valence-electron chi connectivity index (χ4n) is 3.39. The Balaban J connectivity index is 1.78. The van der Waals surface area contributed by atoms with Crippen LogP contribution in [0.15, 0.2) is 53.7 Å². The lowest BCUT2D eigenvalue weighted by Crippen LogP contribution is -2.32. The van der Waals surface area contributed by atoms with Crippen molar-refractivity contribution in [1.82, 2.24) is 20.2 Å². The molecule has 30 heavy (non-hydrogen) atoms. The summed E-state index contributed by atoms with van der Waals surface area (Å²) in [6, 6.07) is 10.4. The number of amides is 1. The predicted octanol–water partition coefficient (Wildman–Crippen LogP) is 2.76. The zero-order chi connectivity index (χ0) is 21.3. The quantitative estimate of drug-likeness (QED) is 0.667. The maximum absolute atomic E-state index is 14.7. The van der Waals surface area contributed by atoms with Crippen LogP contribution in [0.3, 0.4) is 0 Å². The van der Waals surface area contributed by atoms with E-state index in [2.05, 4.69) is 26.2 Å². The molecule has 3 aromatic rings. The molecule has 9 nitrogen and oxygen atoms in total. The van der Waals surface area contributed by atoms with Crippen molar-refractivity contribution in [2.75, 3.05) is 24.9 Å². The summed E-state index contributed by atoms with van der Waals surface area (Å²) >= 11 is 0. The number of carbonyl (C=O) groups excluding carboxylic acids is 1. The number of aromatic nitrogens is 4. The van der Waals surface area contributed by atoms with E-state index < -0.39 is 17.8 Å². The number of methoxy groups -OCH3 is 2. The summed E-state index contributed by atoms with van der Waals surface area (Å²) in [7, 11) is 3.03. The Bertz CT molecular complexity index is 1140. The topological polar surface area (TPSA) is 103 Å². The van der Waals surface area contributed by atoms with Crippen LogP contribution in [0.1, 0.15) is 18.5 Å². The van der Waals surface area contributed by atoms with Crippen LogP contribution >= 0.6 is 0 Å². The maximum atomic E-state index is 14.7. The number of benzene rings is 2. The molecule has 1 amide bonds. The van der Waals surface area contributed by atoms with E-state index in [-0.39, 0.29) is 11.1 Å². The summed E-state index contributed by atoms with van der Waals surface area (Å²) in [5, 5.41) is 17.3. The van der Waals surface area contributed by atoms with Gasteiger partial charge >= 0.3 is 0 Å². The number of hydrogen-bond donors (Lipinski definition) is 2. The molecule has 10 heteroatoms. The van der Waals surface area contributed by atoms with Crippen molar-refractivity contribution < 1.29 is 18.7 Å². The molecule has 154 valence electrons. The molecule has 2 aromatic carbocycles. The molecular weight excluding hydrogens is 391 g/mol. The minimum atomic E-state index is -0.853. The first kappa shape index (κ1) is 19.4. The molecule has 0 bridgehead atoms. The molecule has 4 rings (SSSR count). The number of anilines is 2.